The first-order valence-electron chi connectivity index (χ1n) is 7.57. The number of epoxide rings is 1. The van der Waals surface area contributed by atoms with Crippen molar-refractivity contribution in [1.29, 1.82) is 0 Å². The van der Waals surface area contributed by atoms with E-state index in [1.54, 1.807) is 36.4 Å². The van der Waals surface area contributed by atoms with Crippen molar-refractivity contribution < 1.29 is 13.2 Å². The predicted molar refractivity (Wildman–Crippen MR) is 90.8 cm³/mol. The first kappa shape index (κ1) is 16.0. The molecule has 2 atom stereocenters. The zero-order valence-corrected chi connectivity index (χ0v) is 14.3. The normalized spacial score (nSPS) is 23.3. The van der Waals surface area contributed by atoms with Crippen molar-refractivity contribution in [2.45, 2.75) is 36.7 Å². The lowest BCUT2D eigenvalue weighted by Gasteiger charge is -2.12. The van der Waals surface area contributed by atoms with Crippen molar-refractivity contribution in [3.8, 4) is 0 Å². The molecule has 2 unspecified atom stereocenters. The fourth-order valence-corrected chi connectivity index (χ4v) is 4.69. The Hall–Kier alpha value is -1.91. The summed E-state index contributed by atoms with van der Waals surface area (Å²) in [5, 5.41) is 0. The molecule has 3 rings (SSSR count). The summed E-state index contributed by atoms with van der Waals surface area (Å²) in [6, 6.07) is 16.3. The van der Waals surface area contributed by atoms with Crippen LogP contribution < -0.4 is 0 Å². The van der Waals surface area contributed by atoms with Crippen LogP contribution in [0.25, 0.3) is 0 Å². The summed E-state index contributed by atoms with van der Waals surface area (Å²) in [5.41, 5.74) is 2.93. The number of hydrogen-bond donors (Lipinski definition) is 0. The van der Waals surface area contributed by atoms with Gasteiger partial charge in [0, 0.05) is 0 Å². The minimum atomic E-state index is -3.63. The van der Waals surface area contributed by atoms with Crippen molar-refractivity contribution in [3.05, 3.63) is 77.4 Å². The summed E-state index contributed by atoms with van der Waals surface area (Å²) < 4.78 is 32.1. The van der Waals surface area contributed by atoms with Gasteiger partial charge < -0.3 is 4.74 Å². The standard InChI is InChI=1S/C19H20O3S/c1-14(2)13-19(23(20,21)17-7-5-4-6-8-17)18(22-19)16-11-9-15(3)10-12-16/h4-13,18H,1-3H3. The van der Waals surface area contributed by atoms with Crippen LogP contribution in [0.3, 0.4) is 0 Å². The molecule has 1 heterocycles. The molecule has 1 aliphatic heterocycles. The highest BCUT2D eigenvalue weighted by molar-refractivity contribution is 7.93. The predicted octanol–water partition coefficient (Wildman–Crippen LogP) is 4.20. The molecule has 0 bridgehead atoms. The summed E-state index contributed by atoms with van der Waals surface area (Å²) in [4.78, 5) is -1.02. The van der Waals surface area contributed by atoms with Gasteiger partial charge in [0.1, 0.15) is 6.10 Å². The van der Waals surface area contributed by atoms with Crippen LogP contribution in [-0.2, 0) is 14.6 Å². The molecule has 0 aromatic heterocycles. The fourth-order valence-electron chi connectivity index (χ4n) is 2.77. The van der Waals surface area contributed by atoms with Gasteiger partial charge in [0.05, 0.1) is 4.90 Å². The molecule has 3 nitrogen and oxygen atoms in total. The topological polar surface area (TPSA) is 46.7 Å². The van der Waals surface area contributed by atoms with Crippen molar-refractivity contribution in [3.63, 3.8) is 0 Å². The van der Waals surface area contributed by atoms with Gasteiger partial charge in [-0.05, 0) is 44.5 Å². The number of ether oxygens (including phenoxy) is 1. The Balaban J connectivity index is 2.08. The first-order chi connectivity index (χ1) is 10.9. The van der Waals surface area contributed by atoms with Gasteiger partial charge in [-0.3, -0.25) is 0 Å². The van der Waals surface area contributed by atoms with Crippen molar-refractivity contribution in [2.24, 2.45) is 0 Å². The quantitative estimate of drug-likeness (QED) is 0.624. The van der Waals surface area contributed by atoms with Gasteiger partial charge in [0.2, 0.25) is 14.8 Å². The zero-order valence-electron chi connectivity index (χ0n) is 13.5. The lowest BCUT2D eigenvalue weighted by Crippen LogP contribution is -2.24. The van der Waals surface area contributed by atoms with Crippen LogP contribution in [0, 0.1) is 6.92 Å². The highest BCUT2D eigenvalue weighted by atomic mass is 32.2. The molecule has 1 aliphatic rings. The highest BCUT2D eigenvalue weighted by Gasteiger charge is 2.65. The molecule has 120 valence electrons. The summed E-state index contributed by atoms with van der Waals surface area (Å²) in [6.45, 7) is 5.77. The SMILES string of the molecule is CC(C)=CC1(S(=O)(=O)c2ccccc2)OC1c1ccc(C)cc1. The van der Waals surface area contributed by atoms with E-state index in [1.807, 2.05) is 45.0 Å². The second-order valence-electron chi connectivity index (χ2n) is 6.17. The number of allylic oxidation sites excluding steroid dienone is 1. The van der Waals surface area contributed by atoms with Crippen LogP contribution in [0.15, 0.2) is 71.1 Å². The average molecular weight is 328 g/mol. The van der Waals surface area contributed by atoms with Crippen LogP contribution in [-0.4, -0.2) is 13.4 Å². The maximum atomic E-state index is 13.1. The third-order valence-corrected chi connectivity index (χ3v) is 6.11. The Morgan fingerprint density at radius 2 is 1.65 bits per heavy atom. The van der Waals surface area contributed by atoms with E-state index in [1.165, 1.54) is 0 Å². The van der Waals surface area contributed by atoms with Crippen LogP contribution in [0.2, 0.25) is 0 Å². The monoisotopic (exact) mass is 328 g/mol. The molecule has 1 fully saturated rings. The average Bonchev–Trinajstić information content (AvgIpc) is 3.24. The van der Waals surface area contributed by atoms with Gasteiger partial charge in [-0.1, -0.05) is 53.6 Å². The van der Waals surface area contributed by atoms with Crippen molar-refractivity contribution in [1.82, 2.24) is 0 Å². The van der Waals surface area contributed by atoms with Gasteiger partial charge in [0.25, 0.3) is 0 Å². The zero-order chi connectivity index (χ0) is 16.7. The first-order valence-corrected chi connectivity index (χ1v) is 9.05. The minimum Gasteiger partial charge on any atom is -0.340 e. The Morgan fingerprint density at radius 1 is 1.04 bits per heavy atom. The summed E-state index contributed by atoms with van der Waals surface area (Å²) >= 11 is 0. The molecule has 0 spiro atoms. The van der Waals surface area contributed by atoms with E-state index in [4.69, 9.17) is 4.74 Å². The Bertz CT molecular complexity index is 832. The molecule has 4 heteroatoms. The van der Waals surface area contributed by atoms with Gasteiger partial charge in [-0.25, -0.2) is 8.42 Å². The number of sulfone groups is 1. The summed E-state index contributed by atoms with van der Waals surface area (Å²) in [7, 11) is -3.63. The highest BCUT2D eigenvalue weighted by Crippen LogP contribution is 2.56. The Morgan fingerprint density at radius 3 is 2.22 bits per heavy atom. The van der Waals surface area contributed by atoms with E-state index >= 15 is 0 Å². The lowest BCUT2D eigenvalue weighted by atomic mass is 10.1. The minimum absolute atomic E-state index is 0.284. The van der Waals surface area contributed by atoms with Crippen LogP contribution in [0.5, 0.6) is 0 Å². The Labute approximate surface area is 137 Å². The molecule has 0 amide bonds. The van der Waals surface area contributed by atoms with E-state index in [9.17, 15) is 8.42 Å². The molecule has 0 N–H and O–H groups in total. The van der Waals surface area contributed by atoms with Gasteiger partial charge in [-0.2, -0.15) is 0 Å². The van der Waals surface area contributed by atoms with Crippen LogP contribution >= 0.6 is 0 Å². The second-order valence-corrected chi connectivity index (χ2v) is 8.28. The maximum Gasteiger partial charge on any atom is 0.223 e. The van der Waals surface area contributed by atoms with Crippen LogP contribution in [0.4, 0.5) is 0 Å². The molecule has 0 saturated carbocycles. The van der Waals surface area contributed by atoms with Gasteiger partial charge in [-0.15, -0.1) is 0 Å². The van der Waals surface area contributed by atoms with Gasteiger partial charge >= 0.3 is 0 Å². The van der Waals surface area contributed by atoms with E-state index in [2.05, 4.69) is 0 Å². The van der Waals surface area contributed by atoms with Gasteiger partial charge in [0.15, 0.2) is 0 Å². The molecule has 2 aromatic rings. The van der Waals surface area contributed by atoms with Crippen LogP contribution in [0.1, 0.15) is 31.1 Å². The molecule has 1 saturated heterocycles. The van der Waals surface area contributed by atoms with E-state index < -0.39 is 20.9 Å². The smallest absolute Gasteiger partial charge is 0.223 e. The molecule has 0 radical (unpaired) electrons. The Kier molecular flexibility index (Phi) is 3.90. The fraction of sp³-hybridized carbons (Fsp3) is 0.263. The van der Waals surface area contributed by atoms with Crippen molar-refractivity contribution in [2.75, 3.05) is 0 Å². The molecular formula is C19H20O3S. The number of benzene rings is 2. The molecular weight excluding hydrogens is 308 g/mol. The van der Waals surface area contributed by atoms with E-state index in [0.29, 0.717) is 0 Å². The third kappa shape index (κ3) is 2.73. The van der Waals surface area contributed by atoms with E-state index in [0.717, 1.165) is 16.7 Å². The third-order valence-electron chi connectivity index (χ3n) is 3.95. The summed E-state index contributed by atoms with van der Waals surface area (Å²) in [6.07, 6.45) is 1.25. The number of rotatable bonds is 4. The van der Waals surface area contributed by atoms with E-state index in [-0.39, 0.29) is 4.90 Å². The second kappa shape index (κ2) is 5.62. The van der Waals surface area contributed by atoms with Crippen molar-refractivity contribution >= 4 is 9.84 Å². The largest absolute Gasteiger partial charge is 0.340 e. The molecule has 23 heavy (non-hydrogen) atoms. The maximum absolute atomic E-state index is 13.1. The molecule has 2 aromatic carbocycles. The number of hydrogen-bond acceptors (Lipinski definition) is 3. The summed E-state index contributed by atoms with van der Waals surface area (Å²) in [5.74, 6) is 0. The molecule has 0 aliphatic carbocycles. The number of aryl methyl sites for hydroxylation is 1. The lowest BCUT2D eigenvalue weighted by molar-refractivity contribution is 0.371.